The first-order valence-corrected chi connectivity index (χ1v) is 3.83. The monoisotopic (exact) mass is 134 g/mol. The summed E-state index contributed by atoms with van der Waals surface area (Å²) in [6.07, 6.45) is 0. The molecule has 0 aliphatic carbocycles. The highest BCUT2D eigenvalue weighted by Crippen LogP contribution is 2.13. The van der Waals surface area contributed by atoms with Gasteiger partial charge in [0.2, 0.25) is 0 Å². The highest BCUT2D eigenvalue weighted by Gasteiger charge is 2.23. The fraction of sp³-hybridized carbons (Fsp3) is 1.00. The van der Waals surface area contributed by atoms with Gasteiger partial charge >= 0.3 is 0 Å². The predicted molar refractivity (Wildman–Crippen MR) is 35.9 cm³/mol. The van der Waals surface area contributed by atoms with Crippen molar-refractivity contribution in [3.8, 4) is 0 Å². The van der Waals surface area contributed by atoms with Crippen LogP contribution >= 0.6 is 0 Å². The van der Waals surface area contributed by atoms with Gasteiger partial charge in [-0.3, -0.25) is 0 Å². The van der Waals surface area contributed by atoms with Gasteiger partial charge in [-0.05, 0) is 31.9 Å². The van der Waals surface area contributed by atoms with Crippen molar-refractivity contribution >= 4 is 11.2 Å². The maximum atomic E-state index is 10.8. The van der Waals surface area contributed by atoms with E-state index in [2.05, 4.69) is 0 Å². The summed E-state index contributed by atoms with van der Waals surface area (Å²) in [5.74, 6) is 0.0174. The van der Waals surface area contributed by atoms with Crippen molar-refractivity contribution in [2.45, 2.75) is 25.5 Å². The minimum atomic E-state index is -0.978. The molecule has 0 aromatic heterocycles. The molecular formula is C5H12NOS. The minimum absolute atomic E-state index is 0.0174. The van der Waals surface area contributed by atoms with Crippen LogP contribution in [0.15, 0.2) is 0 Å². The molecule has 0 fully saturated rings. The van der Waals surface area contributed by atoms with Crippen LogP contribution in [-0.2, 0) is 11.2 Å². The molecule has 3 heteroatoms. The molecule has 2 nitrogen and oxygen atoms in total. The van der Waals surface area contributed by atoms with Gasteiger partial charge in [-0.1, -0.05) is 0 Å². The zero-order valence-corrected chi connectivity index (χ0v) is 6.34. The lowest BCUT2D eigenvalue weighted by Crippen LogP contribution is -2.30. The van der Waals surface area contributed by atoms with Crippen molar-refractivity contribution in [3.05, 3.63) is 0 Å². The Morgan fingerprint density at radius 3 is 1.88 bits per heavy atom. The molecule has 0 aromatic rings. The third kappa shape index (κ3) is 2.55. The minimum Gasteiger partial charge on any atom is -0.615 e. The molecule has 0 heterocycles. The van der Waals surface area contributed by atoms with Gasteiger partial charge in [-0.2, -0.15) is 0 Å². The first kappa shape index (κ1) is 8.27. The summed E-state index contributed by atoms with van der Waals surface area (Å²) < 4.78 is 10.6. The van der Waals surface area contributed by atoms with Gasteiger partial charge in [-0.15, -0.1) is 0 Å². The number of rotatable bonds is 1. The van der Waals surface area contributed by atoms with E-state index in [9.17, 15) is 4.55 Å². The van der Waals surface area contributed by atoms with E-state index >= 15 is 0 Å². The third-order valence-electron chi connectivity index (χ3n) is 0.814. The summed E-state index contributed by atoms with van der Waals surface area (Å²) in [4.78, 5) is 0. The van der Waals surface area contributed by atoms with E-state index in [1.165, 1.54) is 0 Å². The topological polar surface area (TPSA) is 46.9 Å². The summed E-state index contributed by atoms with van der Waals surface area (Å²) in [7, 11) is 0. The second kappa shape index (κ2) is 2.71. The second-order valence-electron chi connectivity index (χ2n) is 2.60. The van der Waals surface area contributed by atoms with E-state index in [1.807, 2.05) is 20.8 Å². The average molecular weight is 134 g/mol. The molecular weight excluding hydrogens is 122 g/mol. The standard InChI is InChI=1S/C5H12NOS/c1-5(2,3)8(7)4-6/h6H,4H2,1-3H3. The van der Waals surface area contributed by atoms with Gasteiger partial charge in [0, 0.05) is 0 Å². The second-order valence-corrected chi connectivity index (χ2v) is 4.81. The Balaban J connectivity index is 3.62. The molecule has 0 aliphatic rings. The number of hydrogen-bond acceptors (Lipinski definition) is 1. The summed E-state index contributed by atoms with van der Waals surface area (Å²) >= 11 is -0.978. The predicted octanol–water partition coefficient (Wildman–Crippen LogP) is 0.774. The van der Waals surface area contributed by atoms with Gasteiger partial charge in [0.15, 0.2) is 5.88 Å². The van der Waals surface area contributed by atoms with E-state index in [0.717, 1.165) is 0 Å². The fourth-order valence-corrected chi connectivity index (χ4v) is 0.650. The summed E-state index contributed by atoms with van der Waals surface area (Å²) in [5.41, 5.74) is 6.76. The molecule has 1 radical (unpaired) electrons. The van der Waals surface area contributed by atoms with Crippen LogP contribution in [0.25, 0.3) is 0 Å². The average Bonchev–Trinajstić information content (AvgIpc) is 1.62. The molecule has 0 aromatic carbocycles. The van der Waals surface area contributed by atoms with Crippen LogP contribution in [0, 0.1) is 0 Å². The number of hydrogen-bond donors (Lipinski definition) is 0. The van der Waals surface area contributed by atoms with E-state index in [-0.39, 0.29) is 10.6 Å². The molecule has 0 rings (SSSR count). The van der Waals surface area contributed by atoms with Gasteiger partial charge in [0.25, 0.3) is 0 Å². The quantitative estimate of drug-likeness (QED) is 0.489. The largest absolute Gasteiger partial charge is 0.615 e. The lowest BCUT2D eigenvalue weighted by Gasteiger charge is -2.21. The Labute approximate surface area is 53.6 Å². The van der Waals surface area contributed by atoms with Gasteiger partial charge < -0.3 is 4.55 Å². The Bertz CT molecular complexity index is 69.3. The van der Waals surface area contributed by atoms with Crippen LogP contribution in [-0.4, -0.2) is 15.2 Å². The van der Waals surface area contributed by atoms with Crippen LogP contribution in [0.3, 0.4) is 0 Å². The molecule has 1 N–H and O–H groups in total. The Morgan fingerprint density at radius 1 is 1.50 bits per heavy atom. The zero-order chi connectivity index (χ0) is 6.78. The molecule has 0 aliphatic heterocycles. The van der Waals surface area contributed by atoms with Crippen molar-refractivity contribution in [2.75, 3.05) is 5.88 Å². The third-order valence-corrected chi connectivity index (χ3v) is 2.44. The smallest absolute Gasteiger partial charge is 0.169 e. The van der Waals surface area contributed by atoms with Crippen molar-refractivity contribution < 1.29 is 4.55 Å². The van der Waals surface area contributed by atoms with Crippen molar-refractivity contribution in [3.63, 3.8) is 0 Å². The Hall–Kier alpha value is 0.270. The molecule has 0 bridgehead atoms. The van der Waals surface area contributed by atoms with Crippen molar-refractivity contribution in [2.24, 2.45) is 0 Å². The zero-order valence-electron chi connectivity index (χ0n) is 5.52. The first-order valence-electron chi connectivity index (χ1n) is 2.51. The van der Waals surface area contributed by atoms with Crippen molar-refractivity contribution in [1.29, 1.82) is 0 Å². The van der Waals surface area contributed by atoms with Crippen molar-refractivity contribution in [1.82, 2.24) is 5.73 Å². The summed E-state index contributed by atoms with van der Waals surface area (Å²) in [5, 5.41) is 0. The van der Waals surface area contributed by atoms with Crippen LogP contribution in [0.2, 0.25) is 0 Å². The van der Waals surface area contributed by atoms with Crippen LogP contribution in [0.4, 0.5) is 0 Å². The molecule has 0 amide bonds. The van der Waals surface area contributed by atoms with Crippen LogP contribution in [0.1, 0.15) is 20.8 Å². The summed E-state index contributed by atoms with van der Waals surface area (Å²) in [6.45, 7) is 5.62. The van der Waals surface area contributed by atoms with E-state index in [4.69, 9.17) is 5.73 Å². The van der Waals surface area contributed by atoms with E-state index in [1.54, 1.807) is 0 Å². The van der Waals surface area contributed by atoms with Crippen LogP contribution in [0.5, 0.6) is 0 Å². The molecule has 0 saturated heterocycles. The molecule has 49 valence electrons. The van der Waals surface area contributed by atoms with Gasteiger partial charge in [0.05, 0.1) is 0 Å². The molecule has 1 atom stereocenters. The molecule has 1 unspecified atom stereocenters. The molecule has 8 heavy (non-hydrogen) atoms. The van der Waals surface area contributed by atoms with E-state index < -0.39 is 11.2 Å². The Kier molecular flexibility index (Phi) is 2.80. The van der Waals surface area contributed by atoms with Crippen LogP contribution < -0.4 is 5.73 Å². The molecule has 0 saturated carbocycles. The van der Waals surface area contributed by atoms with Gasteiger partial charge in [0.1, 0.15) is 4.75 Å². The molecule has 0 spiro atoms. The van der Waals surface area contributed by atoms with Gasteiger partial charge in [-0.25, -0.2) is 5.73 Å². The SMILES string of the molecule is CC(C)(C)[S+]([O-])C[NH]. The lowest BCUT2D eigenvalue weighted by atomic mass is 10.3. The Morgan fingerprint density at radius 2 is 1.88 bits per heavy atom. The number of nitrogens with one attached hydrogen (secondary N) is 1. The highest BCUT2D eigenvalue weighted by atomic mass is 32.2. The lowest BCUT2D eigenvalue weighted by molar-refractivity contribution is 0.559. The fourth-order valence-electron chi connectivity index (χ4n) is 0.217. The van der Waals surface area contributed by atoms with E-state index in [0.29, 0.717) is 0 Å². The first-order chi connectivity index (χ1) is 3.48. The maximum absolute atomic E-state index is 10.8. The normalized spacial score (nSPS) is 16.1. The summed E-state index contributed by atoms with van der Waals surface area (Å²) in [6, 6.07) is 0. The highest BCUT2D eigenvalue weighted by molar-refractivity contribution is 7.92. The maximum Gasteiger partial charge on any atom is 0.169 e.